The Hall–Kier alpha value is -1.34. The molecule has 0 aliphatic carbocycles. The van der Waals surface area contributed by atoms with Crippen LogP contribution in [0.5, 0.6) is 0 Å². The van der Waals surface area contributed by atoms with Crippen molar-refractivity contribution in [3.8, 4) is 0 Å². The van der Waals surface area contributed by atoms with Gasteiger partial charge in [-0.25, -0.2) is 0 Å². The van der Waals surface area contributed by atoms with Crippen LogP contribution in [0.3, 0.4) is 0 Å². The lowest BCUT2D eigenvalue weighted by molar-refractivity contribution is 0.301. The van der Waals surface area contributed by atoms with Gasteiger partial charge in [-0.1, -0.05) is 140 Å². The molecule has 0 amide bonds. The van der Waals surface area contributed by atoms with E-state index in [9.17, 15) is 0 Å². The molecule has 0 aliphatic heterocycles. The highest BCUT2D eigenvalue weighted by molar-refractivity contribution is 5.86. The van der Waals surface area contributed by atoms with E-state index in [0.29, 0.717) is 5.92 Å². The minimum atomic E-state index is -0.109. The molecule has 2 aromatic rings. The van der Waals surface area contributed by atoms with Crippen molar-refractivity contribution in [1.82, 2.24) is 0 Å². The molecular weight excluding hydrogens is 374 g/mol. The number of rotatable bonds is 17. The molecule has 0 radical (unpaired) electrons. The fraction of sp³-hybridized carbons (Fsp3) is 0.667. The molecular formula is C30H49N. The van der Waals surface area contributed by atoms with Crippen molar-refractivity contribution in [2.24, 2.45) is 5.73 Å². The highest BCUT2D eigenvalue weighted by Crippen LogP contribution is 2.39. The molecule has 0 spiro atoms. The molecule has 0 heterocycles. The van der Waals surface area contributed by atoms with E-state index in [1.165, 1.54) is 99.8 Å². The van der Waals surface area contributed by atoms with Crippen molar-refractivity contribution in [2.75, 3.05) is 0 Å². The molecule has 1 heteroatoms. The second-order valence-electron chi connectivity index (χ2n) is 9.74. The molecule has 2 rings (SSSR count). The summed E-state index contributed by atoms with van der Waals surface area (Å²) in [6, 6.07) is 15.6. The van der Waals surface area contributed by atoms with Crippen LogP contribution >= 0.6 is 0 Å². The van der Waals surface area contributed by atoms with Crippen LogP contribution in [0.25, 0.3) is 10.8 Å². The van der Waals surface area contributed by atoms with Gasteiger partial charge in [-0.2, -0.15) is 0 Å². The fourth-order valence-corrected chi connectivity index (χ4v) is 5.24. The topological polar surface area (TPSA) is 26.0 Å². The Kier molecular flexibility index (Phi) is 12.3. The van der Waals surface area contributed by atoms with Gasteiger partial charge in [-0.3, -0.25) is 0 Å². The number of hydrogen-bond acceptors (Lipinski definition) is 1. The Labute approximate surface area is 193 Å². The minimum absolute atomic E-state index is 0.109. The summed E-state index contributed by atoms with van der Waals surface area (Å²) in [7, 11) is 0. The fourth-order valence-electron chi connectivity index (χ4n) is 5.24. The van der Waals surface area contributed by atoms with Crippen molar-refractivity contribution in [1.29, 1.82) is 0 Å². The molecule has 0 aliphatic rings. The number of nitrogens with two attached hydrogens (primary N) is 1. The van der Waals surface area contributed by atoms with E-state index in [0.717, 1.165) is 12.8 Å². The van der Waals surface area contributed by atoms with Gasteiger partial charge in [-0.15, -0.1) is 0 Å². The third kappa shape index (κ3) is 8.26. The monoisotopic (exact) mass is 423 g/mol. The highest BCUT2D eigenvalue weighted by atomic mass is 14.8. The maximum absolute atomic E-state index is 7.00. The van der Waals surface area contributed by atoms with E-state index < -0.39 is 0 Å². The van der Waals surface area contributed by atoms with Gasteiger partial charge in [-0.05, 0) is 35.6 Å². The van der Waals surface area contributed by atoms with E-state index in [1.54, 1.807) is 0 Å². The lowest BCUT2D eigenvalue weighted by Crippen LogP contribution is -2.44. The molecule has 0 saturated heterocycles. The molecule has 31 heavy (non-hydrogen) atoms. The standard InChI is InChI=1S/C30H49N/c1-4-7-8-9-10-11-12-13-14-15-16-17-25-29(30(31,5-2)6-3)28-24-20-22-26-21-18-19-23-27(26)28/h18-24,29H,4-17,25,31H2,1-3H3. The molecule has 1 atom stereocenters. The first-order chi connectivity index (χ1) is 15.2. The summed E-state index contributed by atoms with van der Waals surface area (Å²) in [5.74, 6) is 0.441. The first kappa shape index (κ1) is 25.9. The van der Waals surface area contributed by atoms with E-state index >= 15 is 0 Å². The zero-order chi connectivity index (χ0) is 22.4. The van der Waals surface area contributed by atoms with Crippen LogP contribution in [0.1, 0.15) is 129 Å². The SMILES string of the molecule is CCCCCCCCCCCCCCC(c1cccc2ccccc12)C(N)(CC)CC. The van der Waals surface area contributed by atoms with Crippen LogP contribution in [0.4, 0.5) is 0 Å². The van der Waals surface area contributed by atoms with Crippen LogP contribution in [0, 0.1) is 0 Å². The van der Waals surface area contributed by atoms with Gasteiger partial charge in [0.2, 0.25) is 0 Å². The quantitative estimate of drug-likeness (QED) is 0.252. The molecule has 174 valence electrons. The van der Waals surface area contributed by atoms with Crippen molar-refractivity contribution < 1.29 is 0 Å². The van der Waals surface area contributed by atoms with Crippen molar-refractivity contribution in [3.05, 3.63) is 48.0 Å². The number of fused-ring (bicyclic) bond motifs is 1. The second kappa shape index (κ2) is 14.7. The van der Waals surface area contributed by atoms with E-state index in [2.05, 4.69) is 63.2 Å². The largest absolute Gasteiger partial charge is 0.325 e. The zero-order valence-electron chi connectivity index (χ0n) is 20.8. The van der Waals surface area contributed by atoms with Gasteiger partial charge in [0.25, 0.3) is 0 Å². The molecule has 0 saturated carbocycles. The summed E-state index contributed by atoms with van der Waals surface area (Å²) in [5, 5.41) is 2.74. The summed E-state index contributed by atoms with van der Waals surface area (Å²) >= 11 is 0. The average Bonchev–Trinajstić information content (AvgIpc) is 2.81. The van der Waals surface area contributed by atoms with Gasteiger partial charge in [0.15, 0.2) is 0 Å². The van der Waals surface area contributed by atoms with Gasteiger partial charge in [0.1, 0.15) is 0 Å². The summed E-state index contributed by atoms with van der Waals surface area (Å²) < 4.78 is 0. The Bertz CT molecular complexity index is 710. The molecule has 1 nitrogen and oxygen atoms in total. The third-order valence-electron chi connectivity index (χ3n) is 7.56. The lowest BCUT2D eigenvalue weighted by Gasteiger charge is -2.37. The molecule has 2 aromatic carbocycles. The van der Waals surface area contributed by atoms with Crippen molar-refractivity contribution in [3.63, 3.8) is 0 Å². The predicted octanol–water partition coefficient (Wildman–Crippen LogP) is 9.53. The van der Waals surface area contributed by atoms with Crippen LogP contribution in [0.2, 0.25) is 0 Å². The number of hydrogen-bond donors (Lipinski definition) is 1. The Balaban J connectivity index is 1.82. The Morgan fingerprint density at radius 2 is 1.16 bits per heavy atom. The highest BCUT2D eigenvalue weighted by Gasteiger charge is 2.33. The van der Waals surface area contributed by atoms with Crippen LogP contribution in [-0.2, 0) is 0 Å². The Morgan fingerprint density at radius 1 is 0.645 bits per heavy atom. The summed E-state index contributed by atoms with van der Waals surface area (Å²) in [6.07, 6.45) is 20.1. The Morgan fingerprint density at radius 3 is 1.74 bits per heavy atom. The normalized spacial score (nSPS) is 13.0. The second-order valence-corrected chi connectivity index (χ2v) is 9.74. The molecule has 0 bridgehead atoms. The molecule has 0 fully saturated rings. The maximum Gasteiger partial charge on any atom is 0.0218 e. The minimum Gasteiger partial charge on any atom is -0.325 e. The average molecular weight is 424 g/mol. The third-order valence-corrected chi connectivity index (χ3v) is 7.56. The smallest absolute Gasteiger partial charge is 0.0218 e. The van der Waals surface area contributed by atoms with Gasteiger partial charge in [0.05, 0.1) is 0 Å². The lowest BCUT2D eigenvalue weighted by atomic mass is 9.72. The van der Waals surface area contributed by atoms with Crippen LogP contribution in [0.15, 0.2) is 42.5 Å². The number of benzene rings is 2. The zero-order valence-corrected chi connectivity index (χ0v) is 20.8. The van der Waals surface area contributed by atoms with Crippen molar-refractivity contribution >= 4 is 10.8 Å². The first-order valence-electron chi connectivity index (χ1n) is 13.4. The van der Waals surface area contributed by atoms with Gasteiger partial charge in [0, 0.05) is 11.5 Å². The summed E-state index contributed by atoms with van der Waals surface area (Å²) in [6.45, 7) is 6.83. The molecule has 1 unspecified atom stereocenters. The summed E-state index contributed by atoms with van der Waals surface area (Å²) in [5.41, 5.74) is 8.36. The molecule has 0 aromatic heterocycles. The predicted molar refractivity (Wildman–Crippen MR) is 140 cm³/mol. The van der Waals surface area contributed by atoms with Crippen LogP contribution in [-0.4, -0.2) is 5.54 Å². The van der Waals surface area contributed by atoms with E-state index in [1.807, 2.05) is 0 Å². The molecule has 2 N–H and O–H groups in total. The van der Waals surface area contributed by atoms with Crippen LogP contribution < -0.4 is 5.73 Å². The first-order valence-corrected chi connectivity index (χ1v) is 13.4. The number of unbranched alkanes of at least 4 members (excludes halogenated alkanes) is 11. The van der Waals surface area contributed by atoms with Crippen molar-refractivity contribution in [2.45, 2.75) is 129 Å². The van der Waals surface area contributed by atoms with Gasteiger partial charge < -0.3 is 5.73 Å². The summed E-state index contributed by atoms with van der Waals surface area (Å²) in [4.78, 5) is 0. The van der Waals surface area contributed by atoms with E-state index in [4.69, 9.17) is 5.73 Å². The van der Waals surface area contributed by atoms with Gasteiger partial charge >= 0.3 is 0 Å². The van der Waals surface area contributed by atoms with E-state index in [-0.39, 0.29) is 5.54 Å². The maximum atomic E-state index is 7.00.